The molecule has 1 nitrogen and oxygen atoms in total. The molecule has 0 fully saturated rings. The van der Waals surface area contributed by atoms with Crippen molar-refractivity contribution in [1.29, 1.82) is 0 Å². The van der Waals surface area contributed by atoms with E-state index >= 15 is 0 Å². The van der Waals surface area contributed by atoms with Gasteiger partial charge in [0, 0.05) is 0 Å². The number of rotatable bonds is 2. The Balaban J connectivity index is 2.31. The molecule has 1 aliphatic rings. The highest BCUT2D eigenvalue weighted by Gasteiger charge is 2.19. The fourth-order valence-corrected chi connectivity index (χ4v) is 1.51. The Morgan fingerprint density at radius 3 is 2.70 bits per heavy atom. The van der Waals surface area contributed by atoms with Crippen molar-refractivity contribution in [2.24, 2.45) is 5.92 Å². The summed E-state index contributed by atoms with van der Waals surface area (Å²) in [6.45, 7) is 3.75. The highest BCUT2D eigenvalue weighted by atomic mass is 16.3. The van der Waals surface area contributed by atoms with Crippen LogP contribution in [0, 0.1) is 5.92 Å². The van der Waals surface area contributed by atoms with Gasteiger partial charge in [-0.2, -0.15) is 0 Å². The van der Waals surface area contributed by atoms with E-state index in [1.165, 1.54) is 12.8 Å². The zero-order valence-corrected chi connectivity index (χ0v) is 6.80. The maximum atomic E-state index is 9.44. The lowest BCUT2D eigenvalue weighted by Gasteiger charge is -2.20. The lowest BCUT2D eigenvalue weighted by atomic mass is 9.93. The summed E-state index contributed by atoms with van der Waals surface area (Å²) < 4.78 is 0. The smallest absolute Gasteiger partial charge is 0.0597 e. The van der Waals surface area contributed by atoms with Gasteiger partial charge in [0.25, 0.3) is 0 Å². The maximum absolute atomic E-state index is 9.44. The van der Waals surface area contributed by atoms with Crippen LogP contribution in [0.2, 0.25) is 0 Å². The molecule has 0 aromatic rings. The summed E-state index contributed by atoms with van der Waals surface area (Å²) in [7, 11) is 0. The van der Waals surface area contributed by atoms with Gasteiger partial charge in [0.05, 0.1) is 5.60 Å². The lowest BCUT2D eigenvalue weighted by molar-refractivity contribution is 0.0591. The summed E-state index contributed by atoms with van der Waals surface area (Å²) >= 11 is 0. The molecular weight excluding hydrogens is 124 g/mol. The van der Waals surface area contributed by atoms with Crippen LogP contribution in [0.4, 0.5) is 0 Å². The molecule has 1 unspecified atom stereocenters. The molecule has 1 atom stereocenters. The summed E-state index contributed by atoms with van der Waals surface area (Å²) in [5, 5.41) is 9.44. The van der Waals surface area contributed by atoms with Gasteiger partial charge in [0.15, 0.2) is 0 Å². The molecule has 1 aliphatic carbocycles. The summed E-state index contributed by atoms with van der Waals surface area (Å²) in [6.07, 6.45) is 7.75. The second-order valence-corrected chi connectivity index (χ2v) is 3.78. The maximum Gasteiger partial charge on any atom is 0.0597 e. The van der Waals surface area contributed by atoms with E-state index in [9.17, 15) is 5.11 Å². The summed E-state index contributed by atoms with van der Waals surface area (Å²) in [4.78, 5) is 0. The predicted octanol–water partition coefficient (Wildman–Crippen LogP) is 2.11. The first-order valence-electron chi connectivity index (χ1n) is 3.97. The van der Waals surface area contributed by atoms with E-state index in [0.717, 1.165) is 6.42 Å². The summed E-state index contributed by atoms with van der Waals surface area (Å²) in [6, 6.07) is 0. The van der Waals surface area contributed by atoms with Crippen molar-refractivity contribution in [2.75, 3.05) is 0 Å². The zero-order valence-electron chi connectivity index (χ0n) is 6.80. The first-order chi connectivity index (χ1) is 4.58. The van der Waals surface area contributed by atoms with Gasteiger partial charge < -0.3 is 5.11 Å². The minimum absolute atomic E-state index is 0.487. The molecule has 0 radical (unpaired) electrons. The van der Waals surface area contributed by atoms with Crippen molar-refractivity contribution in [2.45, 2.75) is 38.7 Å². The van der Waals surface area contributed by atoms with Crippen molar-refractivity contribution < 1.29 is 5.11 Å². The molecule has 10 heavy (non-hydrogen) atoms. The average Bonchev–Trinajstić information content (AvgIpc) is 2.12. The quantitative estimate of drug-likeness (QED) is 0.582. The predicted molar refractivity (Wildman–Crippen MR) is 42.8 cm³/mol. The second-order valence-electron chi connectivity index (χ2n) is 3.78. The molecule has 0 heterocycles. The molecule has 0 amide bonds. The van der Waals surface area contributed by atoms with Crippen LogP contribution in [0.1, 0.15) is 33.1 Å². The Kier molecular flexibility index (Phi) is 2.14. The lowest BCUT2D eigenvalue weighted by Crippen LogP contribution is -2.21. The first-order valence-corrected chi connectivity index (χ1v) is 3.97. The van der Waals surface area contributed by atoms with Gasteiger partial charge in [-0.1, -0.05) is 12.2 Å². The van der Waals surface area contributed by atoms with E-state index in [4.69, 9.17) is 0 Å². The van der Waals surface area contributed by atoms with Gasteiger partial charge in [-0.3, -0.25) is 0 Å². The third kappa shape index (κ3) is 2.53. The molecule has 0 bridgehead atoms. The minimum atomic E-state index is -0.487. The van der Waals surface area contributed by atoms with Crippen molar-refractivity contribution >= 4 is 0 Å². The Labute approximate surface area is 62.8 Å². The van der Waals surface area contributed by atoms with E-state index < -0.39 is 5.60 Å². The Hall–Kier alpha value is -0.300. The van der Waals surface area contributed by atoms with E-state index in [2.05, 4.69) is 12.2 Å². The van der Waals surface area contributed by atoms with Crippen LogP contribution in [-0.2, 0) is 0 Å². The van der Waals surface area contributed by atoms with Crippen LogP contribution in [0.5, 0.6) is 0 Å². The number of hydrogen-bond acceptors (Lipinski definition) is 1. The second kappa shape index (κ2) is 2.75. The van der Waals surface area contributed by atoms with Gasteiger partial charge >= 0.3 is 0 Å². The van der Waals surface area contributed by atoms with Crippen molar-refractivity contribution in [1.82, 2.24) is 0 Å². The minimum Gasteiger partial charge on any atom is -0.390 e. The molecule has 1 heteroatoms. The molecule has 58 valence electrons. The van der Waals surface area contributed by atoms with Crippen LogP contribution in [0.25, 0.3) is 0 Å². The molecule has 1 rings (SSSR count). The highest BCUT2D eigenvalue weighted by molar-refractivity contribution is 4.97. The molecule has 0 aliphatic heterocycles. The topological polar surface area (TPSA) is 20.2 Å². The van der Waals surface area contributed by atoms with Gasteiger partial charge in [-0.15, -0.1) is 0 Å². The third-order valence-corrected chi connectivity index (χ3v) is 1.87. The largest absolute Gasteiger partial charge is 0.390 e. The van der Waals surface area contributed by atoms with Crippen LogP contribution >= 0.6 is 0 Å². The van der Waals surface area contributed by atoms with E-state index in [1.54, 1.807) is 0 Å². The van der Waals surface area contributed by atoms with Crippen molar-refractivity contribution in [3.8, 4) is 0 Å². The van der Waals surface area contributed by atoms with E-state index in [0.29, 0.717) is 5.92 Å². The molecule has 0 saturated heterocycles. The fourth-order valence-electron chi connectivity index (χ4n) is 1.51. The molecule has 0 aromatic heterocycles. The highest BCUT2D eigenvalue weighted by Crippen LogP contribution is 2.25. The number of aliphatic hydroxyl groups is 1. The Morgan fingerprint density at radius 2 is 2.30 bits per heavy atom. The molecular formula is C9H16O. The van der Waals surface area contributed by atoms with Crippen LogP contribution < -0.4 is 0 Å². The number of allylic oxidation sites excluding steroid dienone is 2. The first kappa shape index (κ1) is 7.80. The fraction of sp³-hybridized carbons (Fsp3) is 0.778. The van der Waals surface area contributed by atoms with Gasteiger partial charge in [0.2, 0.25) is 0 Å². The molecule has 0 saturated carbocycles. The average molecular weight is 140 g/mol. The number of hydrogen-bond donors (Lipinski definition) is 1. The Morgan fingerprint density at radius 1 is 1.60 bits per heavy atom. The van der Waals surface area contributed by atoms with Gasteiger partial charge in [-0.05, 0) is 39.0 Å². The third-order valence-electron chi connectivity index (χ3n) is 1.87. The van der Waals surface area contributed by atoms with Gasteiger partial charge in [-0.25, -0.2) is 0 Å². The standard InChI is InChI=1S/C9H16O/c1-9(2,10)7-8-5-3-4-6-8/h3,5,8,10H,4,6-7H2,1-2H3. The zero-order chi connectivity index (χ0) is 7.61. The van der Waals surface area contributed by atoms with E-state index in [-0.39, 0.29) is 0 Å². The summed E-state index contributed by atoms with van der Waals surface area (Å²) in [5.74, 6) is 0.625. The normalized spacial score (nSPS) is 25.7. The molecule has 0 aromatic carbocycles. The monoisotopic (exact) mass is 140 g/mol. The van der Waals surface area contributed by atoms with Gasteiger partial charge in [0.1, 0.15) is 0 Å². The molecule has 1 N–H and O–H groups in total. The van der Waals surface area contributed by atoms with Crippen molar-refractivity contribution in [3.05, 3.63) is 12.2 Å². The van der Waals surface area contributed by atoms with Crippen LogP contribution in [-0.4, -0.2) is 10.7 Å². The van der Waals surface area contributed by atoms with Crippen LogP contribution in [0.15, 0.2) is 12.2 Å². The van der Waals surface area contributed by atoms with Crippen molar-refractivity contribution in [3.63, 3.8) is 0 Å². The van der Waals surface area contributed by atoms with E-state index in [1.807, 2.05) is 13.8 Å². The Bertz CT molecular complexity index is 130. The molecule has 0 spiro atoms. The summed E-state index contributed by atoms with van der Waals surface area (Å²) in [5.41, 5.74) is -0.487. The van der Waals surface area contributed by atoms with Crippen LogP contribution in [0.3, 0.4) is 0 Å². The SMILES string of the molecule is CC(C)(O)CC1C=CCC1.